The number of hydrogen-bond donors (Lipinski definition) is 0. The van der Waals surface area contributed by atoms with Crippen LogP contribution in [-0.2, 0) is 0 Å². The number of para-hydroxylation sites is 1. The molecular weight excluding hydrogens is 184 g/mol. The molecule has 0 fully saturated rings. The van der Waals surface area contributed by atoms with Gasteiger partial charge in [-0.15, -0.1) is 5.10 Å². The number of thioether (sulfide) groups is 1. The van der Waals surface area contributed by atoms with Crippen molar-refractivity contribution in [1.82, 2.24) is 20.2 Å². The quantitative estimate of drug-likeness (QED) is 0.675. The largest absolute Gasteiger partial charge is 0.214 e. The molecular formula is C8H7N4S. The Labute approximate surface area is 80.0 Å². The lowest BCUT2D eigenvalue weighted by atomic mass is 10.3. The Balaban J connectivity index is 2.47. The average Bonchev–Trinajstić information content (AvgIpc) is 2.67. The van der Waals surface area contributed by atoms with Crippen LogP contribution in [0.15, 0.2) is 35.5 Å². The maximum atomic E-state index is 3.85. The summed E-state index contributed by atoms with van der Waals surface area (Å²) in [4.78, 5) is 0. The van der Waals surface area contributed by atoms with Gasteiger partial charge in [0.25, 0.3) is 0 Å². The lowest BCUT2D eigenvalue weighted by molar-refractivity contribution is 0.757. The van der Waals surface area contributed by atoms with Crippen LogP contribution in [0.25, 0.3) is 5.69 Å². The van der Waals surface area contributed by atoms with Crippen LogP contribution in [-0.4, -0.2) is 20.2 Å². The first-order valence-corrected chi connectivity index (χ1v) is 4.66. The van der Waals surface area contributed by atoms with Gasteiger partial charge in [0.15, 0.2) is 0 Å². The lowest BCUT2D eigenvalue weighted by Gasteiger charge is -2.00. The maximum Gasteiger partial charge on any atom is 0.214 e. The fourth-order valence-electron chi connectivity index (χ4n) is 1.00. The lowest BCUT2D eigenvalue weighted by Crippen LogP contribution is -1.97. The highest BCUT2D eigenvalue weighted by atomic mass is 32.2. The molecule has 0 amide bonds. The summed E-state index contributed by atoms with van der Waals surface area (Å²) in [6.07, 6.45) is 3.67. The van der Waals surface area contributed by atoms with E-state index in [1.54, 1.807) is 4.68 Å². The zero-order valence-electron chi connectivity index (χ0n) is 6.79. The predicted molar refractivity (Wildman–Crippen MR) is 50.4 cm³/mol. The molecule has 5 heteroatoms. The van der Waals surface area contributed by atoms with Gasteiger partial charge in [0, 0.05) is 6.26 Å². The number of aromatic nitrogens is 4. The normalized spacial score (nSPS) is 10.2. The number of hydrogen-bond acceptors (Lipinski definition) is 4. The van der Waals surface area contributed by atoms with E-state index in [-0.39, 0.29) is 0 Å². The van der Waals surface area contributed by atoms with Crippen LogP contribution in [0.4, 0.5) is 0 Å². The van der Waals surface area contributed by atoms with E-state index in [0.717, 1.165) is 5.69 Å². The van der Waals surface area contributed by atoms with E-state index in [4.69, 9.17) is 0 Å². The molecule has 0 aliphatic rings. The van der Waals surface area contributed by atoms with Gasteiger partial charge in [0.2, 0.25) is 5.16 Å². The van der Waals surface area contributed by atoms with Crippen molar-refractivity contribution in [3.8, 4) is 5.69 Å². The van der Waals surface area contributed by atoms with Crippen molar-refractivity contribution in [1.29, 1.82) is 0 Å². The number of benzene rings is 1. The summed E-state index contributed by atoms with van der Waals surface area (Å²) in [5, 5.41) is 11.9. The highest BCUT2D eigenvalue weighted by Gasteiger charge is 2.04. The van der Waals surface area contributed by atoms with Crippen LogP contribution < -0.4 is 0 Å². The molecule has 1 radical (unpaired) electrons. The van der Waals surface area contributed by atoms with Crippen molar-refractivity contribution in [3.63, 3.8) is 0 Å². The number of nitrogens with zero attached hydrogens (tertiary/aromatic N) is 4. The monoisotopic (exact) mass is 191 g/mol. The molecule has 0 spiro atoms. The van der Waals surface area contributed by atoms with Gasteiger partial charge < -0.3 is 0 Å². The highest BCUT2D eigenvalue weighted by Crippen LogP contribution is 2.15. The molecule has 1 aromatic carbocycles. The molecule has 0 aliphatic carbocycles. The van der Waals surface area contributed by atoms with Gasteiger partial charge in [-0.05, 0) is 22.6 Å². The molecule has 0 unspecified atom stereocenters. The Morgan fingerprint density at radius 1 is 1.23 bits per heavy atom. The third-order valence-corrected chi connectivity index (χ3v) is 2.08. The van der Waals surface area contributed by atoms with E-state index in [0.29, 0.717) is 5.16 Å². The van der Waals surface area contributed by atoms with Crippen LogP contribution in [0.1, 0.15) is 0 Å². The zero-order chi connectivity index (χ0) is 9.10. The summed E-state index contributed by atoms with van der Waals surface area (Å²) in [6, 6.07) is 9.71. The van der Waals surface area contributed by atoms with Gasteiger partial charge in [-0.3, -0.25) is 0 Å². The number of rotatable bonds is 2. The smallest absolute Gasteiger partial charge is 0.188 e. The fraction of sp³-hybridized carbons (Fsp3) is 0. The summed E-state index contributed by atoms with van der Waals surface area (Å²) in [5.41, 5.74) is 0.943. The Morgan fingerprint density at radius 2 is 2.00 bits per heavy atom. The Hall–Kier alpha value is -1.36. The van der Waals surface area contributed by atoms with E-state index in [1.807, 2.05) is 30.3 Å². The Morgan fingerprint density at radius 3 is 2.69 bits per heavy atom. The van der Waals surface area contributed by atoms with Gasteiger partial charge in [-0.25, -0.2) is 0 Å². The van der Waals surface area contributed by atoms with Crippen molar-refractivity contribution in [2.75, 3.05) is 0 Å². The second kappa shape index (κ2) is 3.57. The van der Waals surface area contributed by atoms with Crippen LogP contribution in [0.2, 0.25) is 0 Å². The van der Waals surface area contributed by atoms with Crippen LogP contribution >= 0.6 is 11.8 Å². The third-order valence-electron chi connectivity index (χ3n) is 1.57. The standard InChI is InChI=1S/C8H7N4S/c1-13-8-9-10-11-12(8)7-5-3-2-4-6-7/h2-6H,1H2. The van der Waals surface area contributed by atoms with Crippen molar-refractivity contribution in [3.05, 3.63) is 36.6 Å². The van der Waals surface area contributed by atoms with Crippen LogP contribution in [0.5, 0.6) is 0 Å². The molecule has 0 aliphatic heterocycles. The molecule has 1 heterocycles. The molecule has 65 valence electrons. The van der Waals surface area contributed by atoms with Gasteiger partial charge >= 0.3 is 0 Å². The van der Waals surface area contributed by atoms with Gasteiger partial charge in [-0.2, -0.15) is 4.68 Å². The number of tetrazole rings is 1. The van der Waals surface area contributed by atoms with Crippen LogP contribution in [0.3, 0.4) is 0 Å². The SMILES string of the molecule is [CH2]Sc1nnnn1-c1ccccc1. The van der Waals surface area contributed by atoms with Gasteiger partial charge in [0.05, 0.1) is 5.69 Å². The van der Waals surface area contributed by atoms with Gasteiger partial charge in [-0.1, -0.05) is 30.0 Å². The molecule has 13 heavy (non-hydrogen) atoms. The van der Waals surface area contributed by atoms with E-state index in [9.17, 15) is 0 Å². The van der Waals surface area contributed by atoms with E-state index >= 15 is 0 Å². The average molecular weight is 191 g/mol. The maximum absolute atomic E-state index is 3.85. The Bertz CT molecular complexity index is 384. The van der Waals surface area contributed by atoms with Crippen molar-refractivity contribution >= 4 is 11.8 Å². The first-order valence-electron chi connectivity index (χ1n) is 3.67. The predicted octanol–water partition coefficient (Wildman–Crippen LogP) is 1.55. The molecule has 2 rings (SSSR count). The molecule has 0 atom stereocenters. The van der Waals surface area contributed by atoms with Crippen LogP contribution in [0, 0.1) is 6.26 Å². The molecule has 0 bridgehead atoms. The minimum atomic E-state index is 0.686. The van der Waals surface area contributed by atoms with Crippen molar-refractivity contribution < 1.29 is 0 Å². The molecule has 1 aromatic heterocycles. The minimum Gasteiger partial charge on any atom is -0.188 e. The molecule has 2 aromatic rings. The topological polar surface area (TPSA) is 43.6 Å². The fourth-order valence-corrected chi connectivity index (χ4v) is 1.36. The van der Waals surface area contributed by atoms with E-state index in [1.165, 1.54) is 11.8 Å². The summed E-state index contributed by atoms with van der Waals surface area (Å²) in [5.74, 6) is 0. The van der Waals surface area contributed by atoms with E-state index in [2.05, 4.69) is 21.8 Å². The van der Waals surface area contributed by atoms with E-state index < -0.39 is 0 Å². The molecule has 0 saturated carbocycles. The zero-order valence-corrected chi connectivity index (χ0v) is 7.61. The molecule has 0 saturated heterocycles. The summed E-state index contributed by atoms with van der Waals surface area (Å²) < 4.78 is 1.65. The van der Waals surface area contributed by atoms with Gasteiger partial charge in [0.1, 0.15) is 0 Å². The first-order chi connectivity index (χ1) is 6.42. The van der Waals surface area contributed by atoms with Crippen molar-refractivity contribution in [2.45, 2.75) is 5.16 Å². The molecule has 0 N–H and O–H groups in total. The van der Waals surface area contributed by atoms with Crippen molar-refractivity contribution in [2.24, 2.45) is 0 Å². The summed E-state index contributed by atoms with van der Waals surface area (Å²) in [7, 11) is 0. The first kappa shape index (κ1) is 8.25. The minimum absolute atomic E-state index is 0.686. The summed E-state index contributed by atoms with van der Waals surface area (Å²) >= 11 is 1.27. The summed E-state index contributed by atoms with van der Waals surface area (Å²) in [6.45, 7) is 0. The second-order valence-corrected chi connectivity index (χ2v) is 3.01. The second-order valence-electron chi connectivity index (χ2n) is 2.35. The Kier molecular flexibility index (Phi) is 2.27. The highest BCUT2D eigenvalue weighted by molar-refractivity contribution is 8.00. The molecule has 4 nitrogen and oxygen atoms in total. The third kappa shape index (κ3) is 1.55.